The monoisotopic (exact) mass is 294 g/mol. The van der Waals surface area contributed by atoms with Gasteiger partial charge in [-0.05, 0) is 11.4 Å². The van der Waals surface area contributed by atoms with E-state index in [1.165, 1.54) is 11.3 Å². The minimum atomic E-state index is -0.323. The summed E-state index contributed by atoms with van der Waals surface area (Å²) in [6.45, 7) is 1.20. The number of aromatic nitrogens is 1. The van der Waals surface area contributed by atoms with Crippen LogP contribution in [0.15, 0.2) is 28.1 Å². The molecule has 1 unspecified atom stereocenters. The summed E-state index contributed by atoms with van der Waals surface area (Å²) < 4.78 is 10.5. The van der Waals surface area contributed by atoms with Crippen LogP contribution in [0.25, 0.3) is 10.6 Å². The molecule has 1 saturated heterocycles. The molecular weight excluding hydrogens is 280 g/mol. The van der Waals surface area contributed by atoms with E-state index in [0.717, 1.165) is 4.88 Å². The van der Waals surface area contributed by atoms with Gasteiger partial charge < -0.3 is 19.3 Å². The SMILES string of the molecule is O=C(c1cc(-c2cccs2)on1)N1CCOC(CO)C1. The van der Waals surface area contributed by atoms with Crippen LogP contribution in [0.2, 0.25) is 0 Å². The fourth-order valence-corrected chi connectivity index (χ4v) is 2.76. The van der Waals surface area contributed by atoms with Crippen LogP contribution >= 0.6 is 11.3 Å². The van der Waals surface area contributed by atoms with Gasteiger partial charge >= 0.3 is 0 Å². The third kappa shape index (κ3) is 2.60. The number of aliphatic hydroxyl groups is 1. The maximum Gasteiger partial charge on any atom is 0.276 e. The molecule has 0 bridgehead atoms. The zero-order chi connectivity index (χ0) is 13.9. The number of ether oxygens (including phenoxy) is 1. The second-order valence-electron chi connectivity index (χ2n) is 4.48. The average molecular weight is 294 g/mol. The van der Waals surface area contributed by atoms with Gasteiger partial charge in [0.2, 0.25) is 0 Å². The van der Waals surface area contributed by atoms with Crippen molar-refractivity contribution in [2.45, 2.75) is 6.10 Å². The number of aliphatic hydroxyl groups excluding tert-OH is 1. The predicted molar refractivity (Wildman–Crippen MR) is 72.5 cm³/mol. The van der Waals surface area contributed by atoms with E-state index < -0.39 is 0 Å². The predicted octanol–water partition coefficient (Wildman–Crippen LogP) is 1.24. The molecule has 1 aliphatic rings. The first-order valence-corrected chi connectivity index (χ1v) is 7.18. The molecule has 20 heavy (non-hydrogen) atoms. The molecule has 106 valence electrons. The van der Waals surface area contributed by atoms with Crippen molar-refractivity contribution in [3.63, 3.8) is 0 Å². The Hall–Kier alpha value is -1.70. The van der Waals surface area contributed by atoms with Crippen molar-refractivity contribution in [2.75, 3.05) is 26.3 Å². The Labute approximate surface area is 119 Å². The molecule has 3 heterocycles. The first-order valence-electron chi connectivity index (χ1n) is 6.30. The molecule has 6 nitrogen and oxygen atoms in total. The zero-order valence-electron chi connectivity index (χ0n) is 10.7. The number of hydrogen-bond donors (Lipinski definition) is 1. The maximum atomic E-state index is 12.3. The van der Waals surface area contributed by atoms with Crippen molar-refractivity contribution in [1.29, 1.82) is 0 Å². The van der Waals surface area contributed by atoms with Crippen LogP contribution in [0, 0.1) is 0 Å². The average Bonchev–Trinajstić information content (AvgIpc) is 3.17. The van der Waals surface area contributed by atoms with Gasteiger partial charge in [-0.2, -0.15) is 0 Å². The van der Waals surface area contributed by atoms with E-state index >= 15 is 0 Å². The lowest BCUT2D eigenvalue weighted by atomic mass is 10.2. The minimum Gasteiger partial charge on any atom is -0.394 e. The second-order valence-corrected chi connectivity index (χ2v) is 5.43. The van der Waals surface area contributed by atoms with Gasteiger partial charge in [-0.1, -0.05) is 11.2 Å². The molecule has 0 saturated carbocycles. The van der Waals surface area contributed by atoms with Crippen molar-refractivity contribution < 1.29 is 19.2 Å². The largest absolute Gasteiger partial charge is 0.394 e. The lowest BCUT2D eigenvalue weighted by molar-refractivity contribution is -0.0449. The highest BCUT2D eigenvalue weighted by molar-refractivity contribution is 7.13. The van der Waals surface area contributed by atoms with E-state index in [2.05, 4.69) is 5.16 Å². The highest BCUT2D eigenvalue weighted by atomic mass is 32.1. The van der Waals surface area contributed by atoms with Gasteiger partial charge in [0.1, 0.15) is 0 Å². The first kappa shape index (κ1) is 13.3. The fraction of sp³-hybridized carbons (Fsp3) is 0.385. The summed E-state index contributed by atoms with van der Waals surface area (Å²) >= 11 is 1.53. The quantitative estimate of drug-likeness (QED) is 0.921. The Morgan fingerprint density at radius 1 is 1.60 bits per heavy atom. The van der Waals surface area contributed by atoms with Crippen LogP contribution in [0.4, 0.5) is 0 Å². The Morgan fingerprint density at radius 2 is 2.50 bits per heavy atom. The van der Waals surface area contributed by atoms with Crippen molar-refractivity contribution in [1.82, 2.24) is 10.1 Å². The van der Waals surface area contributed by atoms with Crippen molar-refractivity contribution >= 4 is 17.2 Å². The molecule has 0 spiro atoms. The number of amides is 1. The Kier molecular flexibility index (Phi) is 3.81. The first-order chi connectivity index (χ1) is 9.78. The topological polar surface area (TPSA) is 75.8 Å². The van der Waals surface area contributed by atoms with Gasteiger partial charge in [-0.15, -0.1) is 11.3 Å². The molecule has 2 aromatic heterocycles. The van der Waals surface area contributed by atoms with Gasteiger partial charge in [0.15, 0.2) is 11.5 Å². The van der Waals surface area contributed by atoms with E-state index in [1.807, 2.05) is 17.5 Å². The molecule has 1 aliphatic heterocycles. The number of thiophene rings is 1. The maximum absolute atomic E-state index is 12.3. The summed E-state index contributed by atoms with van der Waals surface area (Å²) in [7, 11) is 0. The van der Waals surface area contributed by atoms with Gasteiger partial charge in [0.05, 0.1) is 24.2 Å². The van der Waals surface area contributed by atoms with E-state index in [-0.39, 0.29) is 24.3 Å². The molecule has 1 amide bonds. The number of morpholine rings is 1. The lowest BCUT2D eigenvalue weighted by Crippen LogP contribution is -2.47. The van der Waals surface area contributed by atoms with Crippen LogP contribution in [0.5, 0.6) is 0 Å². The number of hydrogen-bond acceptors (Lipinski definition) is 6. The van der Waals surface area contributed by atoms with Crippen LogP contribution in [-0.4, -0.2) is 53.5 Å². The van der Waals surface area contributed by atoms with Gasteiger partial charge in [0, 0.05) is 19.2 Å². The van der Waals surface area contributed by atoms with E-state index in [4.69, 9.17) is 14.4 Å². The Bertz CT molecular complexity index is 581. The summed E-state index contributed by atoms with van der Waals surface area (Å²) in [5.74, 6) is 0.397. The van der Waals surface area contributed by atoms with Crippen LogP contribution < -0.4 is 0 Å². The summed E-state index contributed by atoms with van der Waals surface area (Å²) in [5.41, 5.74) is 0.284. The molecule has 0 aliphatic carbocycles. The van der Waals surface area contributed by atoms with Crippen molar-refractivity contribution in [2.24, 2.45) is 0 Å². The van der Waals surface area contributed by atoms with Crippen LogP contribution in [0.1, 0.15) is 10.5 Å². The van der Waals surface area contributed by atoms with Gasteiger partial charge in [-0.3, -0.25) is 4.79 Å². The third-order valence-corrected chi connectivity index (χ3v) is 4.01. The molecule has 1 N–H and O–H groups in total. The summed E-state index contributed by atoms with van der Waals surface area (Å²) in [6, 6.07) is 5.48. The van der Waals surface area contributed by atoms with E-state index in [9.17, 15) is 4.79 Å². The molecule has 7 heteroatoms. The molecule has 0 aromatic carbocycles. The van der Waals surface area contributed by atoms with E-state index in [0.29, 0.717) is 25.5 Å². The number of nitrogens with zero attached hydrogens (tertiary/aromatic N) is 2. The van der Waals surface area contributed by atoms with Crippen LogP contribution in [-0.2, 0) is 4.74 Å². The van der Waals surface area contributed by atoms with Crippen molar-refractivity contribution in [3.05, 3.63) is 29.3 Å². The number of carbonyl (C=O) groups excluding carboxylic acids is 1. The number of rotatable bonds is 3. The molecule has 1 fully saturated rings. The molecule has 2 aromatic rings. The summed E-state index contributed by atoms with van der Waals surface area (Å²) in [5, 5.41) is 14.9. The van der Waals surface area contributed by atoms with Gasteiger partial charge in [0.25, 0.3) is 5.91 Å². The molecule has 3 rings (SSSR count). The Balaban J connectivity index is 1.74. The lowest BCUT2D eigenvalue weighted by Gasteiger charge is -2.31. The highest BCUT2D eigenvalue weighted by Crippen LogP contribution is 2.25. The minimum absolute atomic E-state index is 0.0942. The standard InChI is InChI=1S/C13H14N2O4S/c16-8-9-7-15(3-4-18-9)13(17)10-6-11(19-14-10)12-2-1-5-20-12/h1-2,5-6,9,16H,3-4,7-8H2. The highest BCUT2D eigenvalue weighted by Gasteiger charge is 2.26. The smallest absolute Gasteiger partial charge is 0.276 e. The van der Waals surface area contributed by atoms with Crippen LogP contribution in [0.3, 0.4) is 0 Å². The van der Waals surface area contributed by atoms with Crippen molar-refractivity contribution in [3.8, 4) is 10.6 Å². The summed E-state index contributed by atoms with van der Waals surface area (Å²) in [6.07, 6.45) is -0.323. The zero-order valence-corrected chi connectivity index (χ0v) is 11.5. The summed E-state index contributed by atoms with van der Waals surface area (Å²) in [4.78, 5) is 14.9. The second kappa shape index (κ2) is 5.74. The fourth-order valence-electron chi connectivity index (χ4n) is 2.09. The molecule has 1 atom stereocenters. The Morgan fingerprint density at radius 3 is 3.25 bits per heavy atom. The van der Waals surface area contributed by atoms with E-state index in [1.54, 1.807) is 11.0 Å². The third-order valence-electron chi connectivity index (χ3n) is 3.12. The molecule has 0 radical (unpaired) electrons. The normalized spacial score (nSPS) is 19.2. The molecular formula is C13H14N2O4S. The number of carbonyl (C=O) groups is 1. The van der Waals surface area contributed by atoms with Gasteiger partial charge in [-0.25, -0.2) is 0 Å².